The summed E-state index contributed by atoms with van der Waals surface area (Å²) in [5.41, 5.74) is 2.62. The number of anilines is 1. The van der Waals surface area contributed by atoms with Gasteiger partial charge < -0.3 is 24.7 Å². The number of thiophene rings is 1. The van der Waals surface area contributed by atoms with E-state index in [4.69, 9.17) is 9.47 Å². The van der Waals surface area contributed by atoms with Gasteiger partial charge in [0.1, 0.15) is 10.8 Å². The summed E-state index contributed by atoms with van der Waals surface area (Å²) >= 11 is 2.73. The lowest BCUT2D eigenvalue weighted by atomic mass is 10.1. The predicted molar refractivity (Wildman–Crippen MR) is 170 cm³/mol. The SMILES string of the molecule is CCOC(=O)c1c(NC(=O)C(C)Sc2nnc(CNC(=O)COc3ccccc3)n2CCc2ccccc2)sc2c1CCC2. The van der Waals surface area contributed by atoms with Gasteiger partial charge in [-0.1, -0.05) is 60.3 Å². The van der Waals surface area contributed by atoms with E-state index in [2.05, 4.69) is 33.0 Å². The third-order valence-electron chi connectivity index (χ3n) is 7.11. The number of aromatic nitrogens is 3. The third kappa shape index (κ3) is 7.86. The lowest BCUT2D eigenvalue weighted by Gasteiger charge is -2.15. The largest absolute Gasteiger partial charge is 0.484 e. The van der Waals surface area contributed by atoms with Crippen LogP contribution in [-0.4, -0.2) is 51.0 Å². The molecule has 4 aromatic rings. The van der Waals surface area contributed by atoms with Crippen LogP contribution >= 0.6 is 23.1 Å². The second kappa shape index (κ2) is 15.0. The van der Waals surface area contributed by atoms with E-state index in [1.165, 1.54) is 23.1 Å². The average Bonchev–Trinajstić information content (AvgIpc) is 3.73. The van der Waals surface area contributed by atoms with Crippen molar-refractivity contribution in [1.29, 1.82) is 0 Å². The van der Waals surface area contributed by atoms with Gasteiger partial charge in [0.25, 0.3) is 5.91 Å². The van der Waals surface area contributed by atoms with Crippen LogP contribution in [0, 0.1) is 0 Å². The molecule has 230 valence electrons. The van der Waals surface area contributed by atoms with Gasteiger partial charge in [0, 0.05) is 11.4 Å². The molecule has 1 aliphatic rings. The highest BCUT2D eigenvalue weighted by molar-refractivity contribution is 8.00. The topological polar surface area (TPSA) is 124 Å². The van der Waals surface area contributed by atoms with Crippen molar-refractivity contribution < 1.29 is 23.9 Å². The number of ether oxygens (including phenoxy) is 2. The summed E-state index contributed by atoms with van der Waals surface area (Å²) in [4.78, 5) is 39.8. The summed E-state index contributed by atoms with van der Waals surface area (Å²) in [5.74, 6) is 0.258. The van der Waals surface area contributed by atoms with Crippen LogP contribution in [0.15, 0.2) is 65.8 Å². The highest BCUT2D eigenvalue weighted by Gasteiger charge is 2.30. The van der Waals surface area contributed by atoms with E-state index >= 15 is 0 Å². The maximum Gasteiger partial charge on any atom is 0.341 e. The van der Waals surface area contributed by atoms with E-state index in [-0.39, 0.29) is 31.6 Å². The summed E-state index contributed by atoms with van der Waals surface area (Å²) in [6.45, 7) is 4.43. The first-order chi connectivity index (χ1) is 21.4. The maximum absolute atomic E-state index is 13.4. The fourth-order valence-electron chi connectivity index (χ4n) is 4.88. The van der Waals surface area contributed by atoms with Crippen molar-refractivity contribution in [3.05, 3.63) is 88.1 Å². The smallest absolute Gasteiger partial charge is 0.341 e. The van der Waals surface area contributed by atoms with Crippen molar-refractivity contribution in [3.8, 4) is 5.75 Å². The molecule has 10 nitrogen and oxygen atoms in total. The number of hydrogen-bond donors (Lipinski definition) is 2. The minimum Gasteiger partial charge on any atom is -0.484 e. The Morgan fingerprint density at radius 1 is 1.05 bits per heavy atom. The molecule has 2 aromatic carbocycles. The standard InChI is InChI=1S/C32H35N5O5S2/c1-3-41-31(40)28-24-15-10-16-25(24)44-30(28)34-29(39)21(2)43-32-36-35-26(37(32)18-17-22-11-6-4-7-12-22)19-33-27(38)20-42-23-13-8-5-9-14-23/h4-9,11-14,21H,3,10,15-20H2,1-2H3,(H,33,38)(H,34,39). The monoisotopic (exact) mass is 633 g/mol. The molecular formula is C32H35N5O5S2. The minimum absolute atomic E-state index is 0.124. The van der Waals surface area contributed by atoms with E-state index in [0.29, 0.717) is 40.3 Å². The van der Waals surface area contributed by atoms with Crippen molar-refractivity contribution in [2.45, 2.75) is 63.0 Å². The van der Waals surface area contributed by atoms with Crippen LogP contribution in [0.5, 0.6) is 5.75 Å². The van der Waals surface area contributed by atoms with Crippen LogP contribution < -0.4 is 15.4 Å². The summed E-state index contributed by atoms with van der Waals surface area (Å²) in [6, 6.07) is 19.2. The van der Waals surface area contributed by atoms with Crippen LogP contribution in [0.25, 0.3) is 0 Å². The molecule has 12 heteroatoms. The normalized spacial score (nSPS) is 12.8. The molecule has 2 amide bonds. The van der Waals surface area contributed by atoms with E-state index in [0.717, 1.165) is 35.3 Å². The van der Waals surface area contributed by atoms with Gasteiger partial charge in [0.2, 0.25) is 5.91 Å². The molecule has 1 unspecified atom stereocenters. The average molecular weight is 634 g/mol. The Kier molecular flexibility index (Phi) is 10.7. The van der Waals surface area contributed by atoms with Gasteiger partial charge in [-0.05, 0) is 62.8 Å². The zero-order valence-corrected chi connectivity index (χ0v) is 26.3. The predicted octanol–water partition coefficient (Wildman–Crippen LogP) is 5.06. The number of fused-ring (bicyclic) bond motifs is 1. The van der Waals surface area contributed by atoms with Gasteiger partial charge in [-0.3, -0.25) is 9.59 Å². The first kappa shape index (κ1) is 31.3. The molecule has 2 aromatic heterocycles. The van der Waals surface area contributed by atoms with E-state index in [1.807, 2.05) is 41.0 Å². The van der Waals surface area contributed by atoms with Gasteiger partial charge in [0.05, 0.1) is 24.0 Å². The number of carbonyl (C=O) groups excluding carboxylic acids is 3. The molecule has 44 heavy (non-hydrogen) atoms. The molecule has 0 aliphatic heterocycles. The first-order valence-corrected chi connectivity index (χ1v) is 16.3. The molecule has 0 saturated heterocycles. The summed E-state index contributed by atoms with van der Waals surface area (Å²) in [6.07, 6.45) is 3.42. The van der Waals surface area contributed by atoms with Crippen molar-refractivity contribution in [1.82, 2.24) is 20.1 Å². The van der Waals surface area contributed by atoms with Gasteiger partial charge in [-0.15, -0.1) is 21.5 Å². The van der Waals surface area contributed by atoms with Gasteiger partial charge in [-0.25, -0.2) is 4.79 Å². The molecule has 2 heterocycles. The second-order valence-electron chi connectivity index (χ2n) is 10.2. The van der Waals surface area contributed by atoms with E-state index < -0.39 is 11.2 Å². The summed E-state index contributed by atoms with van der Waals surface area (Å²) < 4.78 is 12.8. The number of nitrogens with one attached hydrogen (secondary N) is 2. The number of amides is 2. The molecule has 5 rings (SSSR count). The van der Waals surface area contributed by atoms with Crippen molar-refractivity contribution in [3.63, 3.8) is 0 Å². The van der Waals surface area contributed by atoms with Gasteiger partial charge in [0.15, 0.2) is 17.6 Å². The van der Waals surface area contributed by atoms with Crippen molar-refractivity contribution in [2.75, 3.05) is 18.5 Å². The van der Waals surface area contributed by atoms with Crippen LogP contribution in [0.1, 0.15) is 52.5 Å². The molecule has 0 bridgehead atoms. The fraction of sp³-hybridized carbons (Fsp3) is 0.344. The number of aryl methyl sites for hydroxylation is 2. The zero-order valence-electron chi connectivity index (χ0n) is 24.7. The molecule has 0 saturated carbocycles. The summed E-state index contributed by atoms with van der Waals surface area (Å²) in [5, 5.41) is 15.1. The number of hydrogen-bond acceptors (Lipinski definition) is 9. The molecule has 0 spiro atoms. The Hall–Kier alpha value is -4.16. The Labute approximate surface area is 264 Å². The van der Waals surface area contributed by atoms with Crippen LogP contribution in [0.3, 0.4) is 0 Å². The Bertz CT molecular complexity index is 1590. The number of carbonyl (C=O) groups is 3. The molecule has 0 fully saturated rings. The Morgan fingerprint density at radius 3 is 2.55 bits per heavy atom. The number of benzene rings is 2. The summed E-state index contributed by atoms with van der Waals surface area (Å²) in [7, 11) is 0. The van der Waals surface area contributed by atoms with Crippen LogP contribution in [0.4, 0.5) is 5.00 Å². The van der Waals surface area contributed by atoms with E-state index in [1.54, 1.807) is 26.0 Å². The number of nitrogens with zero attached hydrogens (tertiary/aromatic N) is 3. The quantitative estimate of drug-likeness (QED) is 0.146. The lowest BCUT2D eigenvalue weighted by molar-refractivity contribution is -0.123. The molecular weight excluding hydrogens is 599 g/mol. The number of para-hydroxylation sites is 1. The van der Waals surface area contributed by atoms with Crippen LogP contribution in [-0.2, 0) is 46.7 Å². The van der Waals surface area contributed by atoms with Crippen molar-refractivity contribution >= 4 is 45.9 Å². The number of esters is 1. The molecule has 1 atom stereocenters. The Morgan fingerprint density at radius 2 is 1.80 bits per heavy atom. The Balaban J connectivity index is 1.26. The second-order valence-corrected chi connectivity index (χ2v) is 12.6. The van der Waals surface area contributed by atoms with Crippen molar-refractivity contribution in [2.24, 2.45) is 0 Å². The highest BCUT2D eigenvalue weighted by atomic mass is 32.2. The van der Waals surface area contributed by atoms with E-state index in [9.17, 15) is 14.4 Å². The zero-order chi connectivity index (χ0) is 30.9. The highest BCUT2D eigenvalue weighted by Crippen LogP contribution is 2.40. The lowest BCUT2D eigenvalue weighted by Crippen LogP contribution is -2.30. The molecule has 0 radical (unpaired) electrons. The maximum atomic E-state index is 13.4. The first-order valence-electron chi connectivity index (χ1n) is 14.6. The van der Waals surface area contributed by atoms with Gasteiger partial charge >= 0.3 is 5.97 Å². The number of thioether (sulfide) groups is 1. The number of rotatable bonds is 14. The third-order valence-corrected chi connectivity index (χ3v) is 9.39. The minimum atomic E-state index is -0.539. The van der Waals surface area contributed by atoms with Crippen LogP contribution in [0.2, 0.25) is 0 Å². The molecule has 2 N–H and O–H groups in total. The van der Waals surface area contributed by atoms with Gasteiger partial charge in [-0.2, -0.15) is 0 Å². The fourth-order valence-corrected chi connectivity index (χ4v) is 7.05. The molecule has 1 aliphatic carbocycles.